The van der Waals surface area contributed by atoms with Crippen LogP contribution in [0.3, 0.4) is 0 Å². The van der Waals surface area contributed by atoms with E-state index in [1.807, 2.05) is 36.4 Å². The van der Waals surface area contributed by atoms with Crippen LogP contribution in [0.15, 0.2) is 77.9 Å². The first-order valence-corrected chi connectivity index (χ1v) is 11.4. The standard InChI is InChI=1S/C26H22ClN5O3/c1-16(33)28-19-10-12-20(13-11-19)35-15-25(34)32-24(17-6-8-18(27)9-7-17)14-23(31-32)26-29-21-4-2-3-5-22(21)30-26/h2-13,24H,14-15H2,1H3,(H,28,33)(H,29,30). The Morgan fingerprint density at radius 2 is 1.83 bits per heavy atom. The highest BCUT2D eigenvalue weighted by Crippen LogP contribution is 2.33. The summed E-state index contributed by atoms with van der Waals surface area (Å²) in [6.07, 6.45) is 0.499. The number of hydrogen-bond donors (Lipinski definition) is 2. The molecule has 9 heteroatoms. The number of halogens is 1. The molecular formula is C26H22ClN5O3. The highest BCUT2D eigenvalue weighted by atomic mass is 35.5. The van der Waals surface area contributed by atoms with Crippen molar-refractivity contribution in [1.82, 2.24) is 15.0 Å². The zero-order valence-electron chi connectivity index (χ0n) is 18.9. The fourth-order valence-electron chi connectivity index (χ4n) is 3.97. The van der Waals surface area contributed by atoms with E-state index < -0.39 is 0 Å². The number of carbonyl (C=O) groups excluding carboxylic acids is 2. The van der Waals surface area contributed by atoms with Gasteiger partial charge < -0.3 is 15.0 Å². The zero-order chi connectivity index (χ0) is 24.4. The Hall–Kier alpha value is -4.17. The van der Waals surface area contributed by atoms with Crippen LogP contribution in [0, 0.1) is 0 Å². The third-order valence-corrected chi connectivity index (χ3v) is 5.87. The molecule has 1 atom stereocenters. The van der Waals surface area contributed by atoms with Crippen molar-refractivity contribution >= 4 is 45.8 Å². The maximum absolute atomic E-state index is 13.2. The minimum atomic E-state index is -0.311. The molecule has 0 saturated carbocycles. The van der Waals surface area contributed by atoms with E-state index in [9.17, 15) is 9.59 Å². The number of carbonyl (C=O) groups is 2. The number of amides is 2. The number of ether oxygens (including phenoxy) is 1. The first-order chi connectivity index (χ1) is 17.0. The minimum absolute atomic E-state index is 0.158. The lowest BCUT2D eigenvalue weighted by Crippen LogP contribution is -2.31. The second-order valence-corrected chi connectivity index (χ2v) is 8.59. The van der Waals surface area contributed by atoms with Crippen LogP contribution in [-0.2, 0) is 9.59 Å². The van der Waals surface area contributed by atoms with Gasteiger partial charge in [-0.15, -0.1) is 0 Å². The largest absolute Gasteiger partial charge is 0.484 e. The van der Waals surface area contributed by atoms with Gasteiger partial charge in [0.2, 0.25) is 5.91 Å². The minimum Gasteiger partial charge on any atom is -0.484 e. The van der Waals surface area contributed by atoms with Crippen molar-refractivity contribution in [1.29, 1.82) is 0 Å². The van der Waals surface area contributed by atoms with Crippen LogP contribution in [0.25, 0.3) is 11.0 Å². The average Bonchev–Trinajstić information content (AvgIpc) is 3.48. The molecule has 3 aromatic carbocycles. The van der Waals surface area contributed by atoms with Crippen molar-refractivity contribution in [3.8, 4) is 5.75 Å². The van der Waals surface area contributed by atoms with Crippen molar-refractivity contribution in [2.45, 2.75) is 19.4 Å². The first kappa shape index (κ1) is 22.6. The lowest BCUT2D eigenvalue weighted by Gasteiger charge is -2.22. The number of fused-ring (bicyclic) bond motifs is 1. The summed E-state index contributed by atoms with van der Waals surface area (Å²) in [5.74, 6) is 0.697. The number of anilines is 1. The summed E-state index contributed by atoms with van der Waals surface area (Å²) in [5.41, 5.74) is 4.00. The number of para-hydroxylation sites is 2. The van der Waals surface area contributed by atoms with E-state index >= 15 is 0 Å². The highest BCUT2D eigenvalue weighted by Gasteiger charge is 2.34. The van der Waals surface area contributed by atoms with E-state index in [0.29, 0.717) is 34.4 Å². The summed E-state index contributed by atoms with van der Waals surface area (Å²) in [6, 6.07) is 21.6. The Labute approximate surface area is 206 Å². The number of aromatic nitrogens is 2. The zero-order valence-corrected chi connectivity index (χ0v) is 19.6. The second-order valence-electron chi connectivity index (χ2n) is 8.15. The first-order valence-electron chi connectivity index (χ1n) is 11.1. The fourth-order valence-corrected chi connectivity index (χ4v) is 4.09. The van der Waals surface area contributed by atoms with Crippen LogP contribution in [0.5, 0.6) is 5.75 Å². The Balaban J connectivity index is 1.37. The van der Waals surface area contributed by atoms with Gasteiger partial charge in [0.25, 0.3) is 5.91 Å². The molecule has 1 unspecified atom stereocenters. The van der Waals surface area contributed by atoms with Crippen molar-refractivity contribution < 1.29 is 14.3 Å². The molecule has 8 nitrogen and oxygen atoms in total. The Morgan fingerprint density at radius 1 is 1.09 bits per heavy atom. The van der Waals surface area contributed by atoms with Gasteiger partial charge in [0.1, 0.15) is 11.5 Å². The lowest BCUT2D eigenvalue weighted by atomic mass is 10.0. The predicted octanol–water partition coefficient (Wildman–Crippen LogP) is 4.93. The average molecular weight is 488 g/mol. The van der Waals surface area contributed by atoms with E-state index in [1.165, 1.54) is 11.9 Å². The number of imidazole rings is 1. The number of H-pyrrole nitrogens is 1. The molecular weight excluding hydrogens is 466 g/mol. The van der Waals surface area contributed by atoms with Crippen molar-refractivity contribution in [3.05, 3.63) is 89.2 Å². The molecule has 1 aromatic heterocycles. The summed E-state index contributed by atoms with van der Waals surface area (Å²) in [6.45, 7) is 1.25. The molecule has 0 aliphatic carbocycles. The van der Waals surface area contributed by atoms with E-state index in [1.54, 1.807) is 36.4 Å². The molecule has 5 rings (SSSR count). The van der Waals surface area contributed by atoms with E-state index in [0.717, 1.165) is 16.6 Å². The van der Waals surface area contributed by atoms with Crippen LogP contribution < -0.4 is 10.1 Å². The smallest absolute Gasteiger partial charge is 0.281 e. The van der Waals surface area contributed by atoms with Crippen LogP contribution >= 0.6 is 11.6 Å². The molecule has 1 aliphatic rings. The third kappa shape index (κ3) is 5.02. The van der Waals surface area contributed by atoms with E-state index in [4.69, 9.17) is 16.3 Å². The fraction of sp³-hybridized carbons (Fsp3) is 0.154. The van der Waals surface area contributed by atoms with Gasteiger partial charge in [-0.1, -0.05) is 35.9 Å². The number of nitrogens with zero attached hydrogens (tertiary/aromatic N) is 3. The number of benzene rings is 3. The molecule has 2 heterocycles. The van der Waals surface area contributed by atoms with Gasteiger partial charge >= 0.3 is 0 Å². The van der Waals surface area contributed by atoms with Gasteiger partial charge in [-0.05, 0) is 54.1 Å². The van der Waals surface area contributed by atoms with Crippen molar-refractivity contribution in [3.63, 3.8) is 0 Å². The van der Waals surface area contributed by atoms with Crippen LogP contribution in [-0.4, -0.2) is 39.1 Å². The number of hydrogen-bond acceptors (Lipinski definition) is 5. The van der Waals surface area contributed by atoms with Gasteiger partial charge in [0.15, 0.2) is 12.4 Å². The Kier molecular flexibility index (Phi) is 6.20. The maximum Gasteiger partial charge on any atom is 0.281 e. The monoisotopic (exact) mass is 487 g/mol. The maximum atomic E-state index is 13.2. The molecule has 0 fully saturated rings. The Bertz CT molecular complexity index is 1380. The molecule has 35 heavy (non-hydrogen) atoms. The molecule has 2 amide bonds. The summed E-state index contributed by atoms with van der Waals surface area (Å²) < 4.78 is 5.71. The van der Waals surface area contributed by atoms with Gasteiger partial charge in [-0.25, -0.2) is 9.99 Å². The Morgan fingerprint density at radius 3 is 2.54 bits per heavy atom. The van der Waals surface area contributed by atoms with Gasteiger partial charge in [-0.2, -0.15) is 5.10 Å². The predicted molar refractivity (Wildman–Crippen MR) is 135 cm³/mol. The molecule has 0 spiro atoms. The molecule has 4 aromatic rings. The number of nitrogens with one attached hydrogen (secondary N) is 2. The normalized spacial score (nSPS) is 15.2. The van der Waals surface area contributed by atoms with Crippen molar-refractivity contribution in [2.24, 2.45) is 5.10 Å². The lowest BCUT2D eigenvalue weighted by molar-refractivity contribution is -0.135. The molecule has 0 radical (unpaired) electrons. The van der Waals surface area contributed by atoms with Gasteiger partial charge in [0.05, 0.1) is 17.1 Å². The van der Waals surface area contributed by atoms with Crippen molar-refractivity contribution in [2.75, 3.05) is 11.9 Å². The molecule has 0 saturated heterocycles. The topological polar surface area (TPSA) is 99.7 Å². The van der Waals surface area contributed by atoms with Crippen LogP contribution in [0.4, 0.5) is 5.69 Å². The molecule has 176 valence electrons. The number of rotatable bonds is 6. The summed E-state index contributed by atoms with van der Waals surface area (Å²) >= 11 is 6.08. The molecule has 1 aliphatic heterocycles. The summed E-state index contributed by atoms with van der Waals surface area (Å²) in [4.78, 5) is 32.3. The third-order valence-electron chi connectivity index (χ3n) is 5.62. The van der Waals surface area contributed by atoms with E-state index in [2.05, 4.69) is 20.4 Å². The number of hydrazone groups is 1. The van der Waals surface area contributed by atoms with Crippen LogP contribution in [0.1, 0.15) is 30.8 Å². The number of aromatic amines is 1. The second kappa shape index (κ2) is 9.60. The quantitative estimate of drug-likeness (QED) is 0.402. The molecule has 0 bridgehead atoms. The van der Waals surface area contributed by atoms with Crippen LogP contribution in [0.2, 0.25) is 5.02 Å². The highest BCUT2D eigenvalue weighted by molar-refractivity contribution is 6.30. The van der Waals surface area contributed by atoms with Gasteiger partial charge in [-0.3, -0.25) is 9.59 Å². The molecule has 2 N–H and O–H groups in total. The SMILES string of the molecule is CC(=O)Nc1ccc(OCC(=O)N2N=C(c3nc4ccccc4[nH]3)CC2c2ccc(Cl)cc2)cc1. The van der Waals surface area contributed by atoms with E-state index in [-0.39, 0.29) is 24.5 Å². The summed E-state index contributed by atoms with van der Waals surface area (Å²) in [5, 5.41) is 9.41. The summed E-state index contributed by atoms with van der Waals surface area (Å²) in [7, 11) is 0. The van der Waals surface area contributed by atoms with Gasteiger partial charge in [0, 0.05) is 24.1 Å².